The number of benzene rings is 2. The third-order valence-corrected chi connectivity index (χ3v) is 4.98. The Morgan fingerprint density at radius 1 is 1.10 bits per heavy atom. The Balaban J connectivity index is 0.00000300. The molecule has 5 nitrogen and oxygen atoms in total. The van der Waals surface area contributed by atoms with E-state index in [1.54, 1.807) is 0 Å². The molecule has 1 unspecified atom stereocenters. The number of halogens is 1. The molecule has 1 atom stereocenters. The molecule has 2 N–H and O–H groups in total. The fourth-order valence-corrected chi connectivity index (χ4v) is 3.36. The molecule has 1 amide bonds. The number of likely N-dealkylation sites (tertiary alicyclic amines) is 1. The van der Waals surface area contributed by atoms with E-state index in [-0.39, 0.29) is 35.9 Å². The number of hydrogen-bond acceptors (Lipinski definition) is 2. The molecule has 1 aliphatic heterocycles. The molecule has 1 saturated heterocycles. The Hall–Kier alpha value is -2.09. The van der Waals surface area contributed by atoms with Crippen LogP contribution in [0.15, 0.2) is 59.6 Å². The third kappa shape index (κ3) is 7.03. The van der Waals surface area contributed by atoms with E-state index >= 15 is 0 Å². The van der Waals surface area contributed by atoms with Gasteiger partial charge >= 0.3 is 0 Å². The van der Waals surface area contributed by atoms with Gasteiger partial charge in [0.2, 0.25) is 5.91 Å². The second-order valence-corrected chi connectivity index (χ2v) is 7.21. The van der Waals surface area contributed by atoms with Gasteiger partial charge in [-0.2, -0.15) is 0 Å². The molecule has 1 fully saturated rings. The van der Waals surface area contributed by atoms with Crippen LogP contribution in [0.25, 0.3) is 0 Å². The summed E-state index contributed by atoms with van der Waals surface area (Å²) >= 11 is 0. The highest BCUT2D eigenvalue weighted by Crippen LogP contribution is 2.15. The van der Waals surface area contributed by atoms with E-state index in [0.717, 1.165) is 31.0 Å². The van der Waals surface area contributed by atoms with Crippen molar-refractivity contribution in [3.63, 3.8) is 0 Å². The Morgan fingerprint density at radius 3 is 2.41 bits per heavy atom. The number of nitrogens with zero attached hydrogens (tertiary/aromatic N) is 2. The van der Waals surface area contributed by atoms with Gasteiger partial charge in [0, 0.05) is 26.1 Å². The second kappa shape index (κ2) is 11.8. The Morgan fingerprint density at radius 2 is 1.79 bits per heavy atom. The first-order valence-corrected chi connectivity index (χ1v) is 10.1. The predicted octanol–water partition coefficient (Wildman–Crippen LogP) is 4.24. The van der Waals surface area contributed by atoms with Gasteiger partial charge in [-0.15, -0.1) is 24.0 Å². The van der Waals surface area contributed by atoms with Gasteiger partial charge in [-0.25, -0.2) is 4.99 Å². The quantitative estimate of drug-likeness (QED) is 0.336. The van der Waals surface area contributed by atoms with E-state index in [4.69, 9.17) is 4.99 Å². The zero-order chi connectivity index (χ0) is 19.8. The minimum absolute atomic E-state index is 0. The molecule has 1 heterocycles. The number of aliphatic imine (C=N–C) groups is 1. The van der Waals surface area contributed by atoms with Gasteiger partial charge in [0.05, 0.1) is 12.6 Å². The van der Waals surface area contributed by atoms with Gasteiger partial charge in [0.1, 0.15) is 0 Å². The molecule has 0 saturated carbocycles. The molecule has 156 valence electrons. The van der Waals surface area contributed by atoms with Gasteiger partial charge in [-0.1, -0.05) is 54.6 Å². The average molecular weight is 506 g/mol. The van der Waals surface area contributed by atoms with Crippen LogP contribution < -0.4 is 10.6 Å². The van der Waals surface area contributed by atoms with Crippen molar-refractivity contribution in [2.24, 2.45) is 4.99 Å². The second-order valence-electron chi connectivity index (χ2n) is 7.21. The smallest absolute Gasteiger partial charge is 0.222 e. The molecule has 0 bridgehead atoms. The zero-order valence-electron chi connectivity index (χ0n) is 17.2. The summed E-state index contributed by atoms with van der Waals surface area (Å²) in [5, 5.41) is 6.78. The van der Waals surface area contributed by atoms with E-state index in [2.05, 4.69) is 73.0 Å². The lowest BCUT2D eigenvalue weighted by molar-refractivity contribution is -0.128. The first-order valence-electron chi connectivity index (χ1n) is 10.1. The molecule has 6 heteroatoms. The highest BCUT2D eigenvalue weighted by molar-refractivity contribution is 14.0. The minimum atomic E-state index is 0. The van der Waals surface area contributed by atoms with Crippen molar-refractivity contribution in [2.75, 3.05) is 13.1 Å². The summed E-state index contributed by atoms with van der Waals surface area (Å²) in [6.07, 6.45) is 1.67. The topological polar surface area (TPSA) is 56.7 Å². The van der Waals surface area contributed by atoms with Crippen molar-refractivity contribution in [2.45, 2.75) is 45.8 Å². The molecule has 0 radical (unpaired) electrons. The number of carbonyl (C=O) groups excluding carboxylic acids is 1. The molecule has 2 aromatic rings. The maximum Gasteiger partial charge on any atom is 0.222 e. The lowest BCUT2D eigenvalue weighted by Gasteiger charge is -2.18. The van der Waals surface area contributed by atoms with Crippen molar-refractivity contribution in [3.8, 4) is 0 Å². The van der Waals surface area contributed by atoms with Crippen LogP contribution >= 0.6 is 24.0 Å². The standard InChI is InChI=1S/C23H30N4O.HI/c1-3-24-23(26-18(2)21-8-5-4-6-9-21)25-16-19-11-13-20(14-12-19)17-27-15-7-10-22(27)28;/h4-6,8-9,11-14,18H,3,7,10,15-17H2,1-2H3,(H2,24,25,26);1H. The van der Waals surface area contributed by atoms with Crippen molar-refractivity contribution >= 4 is 35.8 Å². The van der Waals surface area contributed by atoms with Crippen LogP contribution in [0.2, 0.25) is 0 Å². The normalized spacial score (nSPS) is 15.0. The Labute approximate surface area is 191 Å². The lowest BCUT2D eigenvalue weighted by Crippen LogP contribution is -2.38. The maximum absolute atomic E-state index is 11.8. The van der Waals surface area contributed by atoms with Crippen LogP contribution in [-0.4, -0.2) is 29.9 Å². The molecule has 3 rings (SSSR count). The van der Waals surface area contributed by atoms with Crippen LogP contribution in [0.4, 0.5) is 0 Å². The number of amides is 1. The monoisotopic (exact) mass is 506 g/mol. The molecular formula is C23H31IN4O. The molecule has 0 spiro atoms. The largest absolute Gasteiger partial charge is 0.357 e. The molecule has 0 aromatic heterocycles. The van der Waals surface area contributed by atoms with E-state index in [1.165, 1.54) is 11.1 Å². The van der Waals surface area contributed by atoms with E-state index in [0.29, 0.717) is 19.5 Å². The van der Waals surface area contributed by atoms with Crippen LogP contribution in [0.3, 0.4) is 0 Å². The zero-order valence-corrected chi connectivity index (χ0v) is 19.6. The number of carbonyl (C=O) groups is 1. The number of hydrogen-bond donors (Lipinski definition) is 2. The van der Waals surface area contributed by atoms with Gasteiger partial charge in [-0.3, -0.25) is 4.79 Å². The first-order chi connectivity index (χ1) is 13.7. The van der Waals surface area contributed by atoms with Crippen molar-refractivity contribution in [3.05, 3.63) is 71.3 Å². The van der Waals surface area contributed by atoms with Crippen LogP contribution in [-0.2, 0) is 17.9 Å². The van der Waals surface area contributed by atoms with Crippen molar-refractivity contribution in [1.29, 1.82) is 0 Å². The van der Waals surface area contributed by atoms with Gasteiger partial charge in [0.15, 0.2) is 5.96 Å². The lowest BCUT2D eigenvalue weighted by atomic mass is 10.1. The van der Waals surface area contributed by atoms with Gasteiger partial charge < -0.3 is 15.5 Å². The summed E-state index contributed by atoms with van der Waals surface area (Å²) in [5.41, 5.74) is 3.56. The Kier molecular flexibility index (Phi) is 9.44. The SMILES string of the molecule is CCNC(=NCc1ccc(CN2CCCC2=O)cc1)NC(C)c1ccccc1.I. The van der Waals surface area contributed by atoms with Crippen molar-refractivity contribution in [1.82, 2.24) is 15.5 Å². The molecule has 29 heavy (non-hydrogen) atoms. The predicted molar refractivity (Wildman–Crippen MR) is 129 cm³/mol. The fourth-order valence-electron chi connectivity index (χ4n) is 3.36. The summed E-state index contributed by atoms with van der Waals surface area (Å²) in [6, 6.07) is 18.9. The van der Waals surface area contributed by atoms with E-state index < -0.39 is 0 Å². The fraction of sp³-hybridized carbons (Fsp3) is 0.391. The molecular weight excluding hydrogens is 475 g/mol. The first kappa shape index (κ1) is 23.2. The number of nitrogens with one attached hydrogen (secondary N) is 2. The highest BCUT2D eigenvalue weighted by atomic mass is 127. The summed E-state index contributed by atoms with van der Waals surface area (Å²) < 4.78 is 0. The van der Waals surface area contributed by atoms with Crippen molar-refractivity contribution < 1.29 is 4.79 Å². The summed E-state index contributed by atoms with van der Waals surface area (Å²) in [7, 11) is 0. The number of guanidine groups is 1. The van der Waals surface area contributed by atoms with Crippen LogP contribution in [0, 0.1) is 0 Å². The molecule has 0 aliphatic carbocycles. The van der Waals surface area contributed by atoms with E-state index in [1.807, 2.05) is 11.0 Å². The third-order valence-electron chi connectivity index (χ3n) is 4.98. The van der Waals surface area contributed by atoms with E-state index in [9.17, 15) is 4.79 Å². The molecule has 1 aliphatic rings. The van der Waals surface area contributed by atoms with Gasteiger partial charge in [-0.05, 0) is 37.0 Å². The summed E-state index contributed by atoms with van der Waals surface area (Å²) in [5.74, 6) is 1.08. The van der Waals surface area contributed by atoms with Crippen LogP contribution in [0.1, 0.15) is 49.4 Å². The number of rotatable bonds is 7. The summed E-state index contributed by atoms with van der Waals surface area (Å²) in [6.45, 7) is 7.22. The van der Waals surface area contributed by atoms with Gasteiger partial charge in [0.25, 0.3) is 0 Å². The van der Waals surface area contributed by atoms with Crippen LogP contribution in [0.5, 0.6) is 0 Å². The Bertz CT molecular complexity index is 792. The highest BCUT2D eigenvalue weighted by Gasteiger charge is 2.19. The maximum atomic E-state index is 11.8. The average Bonchev–Trinajstić information content (AvgIpc) is 3.12. The molecule has 2 aromatic carbocycles. The minimum Gasteiger partial charge on any atom is -0.357 e. The summed E-state index contributed by atoms with van der Waals surface area (Å²) in [4.78, 5) is 18.4.